The number of hydrogen-bond donors (Lipinski definition) is 2. The number of nitrogens with one attached hydrogen (secondary N) is 2. The van der Waals surface area contributed by atoms with Gasteiger partial charge in [-0.3, -0.25) is 0 Å². The topological polar surface area (TPSA) is 128 Å². The zero-order valence-corrected chi connectivity index (χ0v) is 16.8. The lowest BCUT2D eigenvalue weighted by Crippen LogP contribution is -2.36. The lowest BCUT2D eigenvalue weighted by Gasteiger charge is -2.08. The average molecular weight is 445 g/mol. The molecule has 0 spiro atoms. The third-order valence-electron chi connectivity index (χ3n) is 4.02. The second kappa shape index (κ2) is 8.84. The number of hydrogen-bond acceptors (Lipinski definition) is 7. The highest BCUT2D eigenvalue weighted by atomic mass is 35.5. The van der Waals surface area contributed by atoms with E-state index in [1.807, 2.05) is 0 Å². The molecule has 30 heavy (non-hydrogen) atoms. The Labute approximate surface area is 180 Å². The molecule has 0 fully saturated rings. The zero-order valence-electron chi connectivity index (χ0n) is 15.3. The zero-order chi connectivity index (χ0) is 20.9. The van der Waals surface area contributed by atoms with Crippen LogP contribution in [0.4, 0.5) is 4.79 Å². The number of rotatable bonds is 6. The van der Waals surface area contributed by atoms with Crippen LogP contribution in [0, 0.1) is 0 Å². The number of aromatic nitrogens is 8. The van der Waals surface area contributed by atoms with E-state index in [2.05, 4.69) is 41.7 Å². The summed E-state index contributed by atoms with van der Waals surface area (Å²) in [7, 11) is 0. The second-order valence-electron chi connectivity index (χ2n) is 6.00. The van der Waals surface area contributed by atoms with E-state index >= 15 is 0 Å². The van der Waals surface area contributed by atoms with Crippen LogP contribution in [0.25, 0.3) is 11.4 Å². The quantitative estimate of drug-likeness (QED) is 0.464. The minimum absolute atomic E-state index is 0.115. The summed E-state index contributed by atoms with van der Waals surface area (Å²) in [6, 6.07) is 13.6. The molecule has 2 N–H and O–H groups in total. The number of carbonyl (C=O) groups is 1. The van der Waals surface area contributed by atoms with E-state index in [1.165, 1.54) is 9.36 Å². The first-order valence-electron chi connectivity index (χ1n) is 8.68. The number of carbonyl (C=O) groups excluding carboxylic acids is 1. The van der Waals surface area contributed by atoms with Gasteiger partial charge < -0.3 is 10.6 Å². The molecule has 0 aliphatic heterocycles. The van der Waals surface area contributed by atoms with Gasteiger partial charge in [-0.15, -0.1) is 10.2 Å². The highest BCUT2D eigenvalue weighted by Gasteiger charge is 2.12. The van der Waals surface area contributed by atoms with Crippen LogP contribution in [0.5, 0.6) is 0 Å². The molecule has 4 rings (SSSR count). The van der Waals surface area contributed by atoms with Crippen molar-refractivity contribution in [2.45, 2.75) is 13.1 Å². The van der Waals surface area contributed by atoms with Gasteiger partial charge >= 0.3 is 6.03 Å². The van der Waals surface area contributed by atoms with E-state index in [-0.39, 0.29) is 13.1 Å². The molecule has 2 aromatic carbocycles. The maximum atomic E-state index is 12.2. The molecule has 2 heterocycles. The summed E-state index contributed by atoms with van der Waals surface area (Å²) < 4.78 is 3.02. The second-order valence-corrected chi connectivity index (χ2v) is 6.88. The fraction of sp³-hybridized carbons (Fsp3) is 0.118. The summed E-state index contributed by atoms with van der Waals surface area (Å²) in [5.41, 5.74) is 1.45. The van der Waals surface area contributed by atoms with Crippen molar-refractivity contribution in [2.75, 3.05) is 0 Å². The predicted octanol–water partition coefficient (Wildman–Crippen LogP) is 1.94. The summed E-state index contributed by atoms with van der Waals surface area (Å²) in [5, 5.41) is 29.7. The molecule has 0 aliphatic rings. The van der Waals surface area contributed by atoms with Crippen LogP contribution < -0.4 is 10.6 Å². The van der Waals surface area contributed by atoms with E-state index < -0.39 is 6.03 Å². The first-order valence-corrected chi connectivity index (χ1v) is 9.44. The van der Waals surface area contributed by atoms with Gasteiger partial charge in [0.25, 0.3) is 0 Å². The lowest BCUT2D eigenvalue weighted by molar-refractivity contribution is 0.239. The van der Waals surface area contributed by atoms with Crippen LogP contribution in [0.2, 0.25) is 10.0 Å². The van der Waals surface area contributed by atoms with Gasteiger partial charge in [0.2, 0.25) is 0 Å². The number of benzene rings is 2. The van der Waals surface area contributed by atoms with Crippen LogP contribution in [0.3, 0.4) is 0 Å². The van der Waals surface area contributed by atoms with E-state index in [1.54, 1.807) is 48.5 Å². The van der Waals surface area contributed by atoms with Crippen molar-refractivity contribution in [3.8, 4) is 11.4 Å². The number of urea groups is 1. The van der Waals surface area contributed by atoms with Gasteiger partial charge in [-0.2, -0.15) is 9.36 Å². The molecule has 0 saturated heterocycles. The Bertz CT molecular complexity index is 1050. The van der Waals surface area contributed by atoms with Crippen molar-refractivity contribution in [3.05, 3.63) is 70.2 Å². The van der Waals surface area contributed by atoms with Crippen molar-refractivity contribution < 1.29 is 4.79 Å². The van der Waals surface area contributed by atoms with E-state index in [9.17, 15) is 4.79 Å². The van der Waals surface area contributed by atoms with Gasteiger partial charge in [-0.1, -0.05) is 23.2 Å². The fourth-order valence-corrected chi connectivity index (χ4v) is 2.83. The Morgan fingerprint density at radius 1 is 0.733 bits per heavy atom. The third-order valence-corrected chi connectivity index (χ3v) is 4.53. The molecule has 11 nitrogen and oxygen atoms in total. The largest absolute Gasteiger partial charge is 0.331 e. The average Bonchev–Trinajstić information content (AvgIpc) is 3.41. The molecular formula is C17H14Cl2N10O. The van der Waals surface area contributed by atoms with Crippen molar-refractivity contribution in [2.24, 2.45) is 0 Å². The summed E-state index contributed by atoms with van der Waals surface area (Å²) in [6.07, 6.45) is 0. The predicted molar refractivity (Wildman–Crippen MR) is 107 cm³/mol. The number of nitrogens with zero attached hydrogens (tertiary/aromatic N) is 8. The molecule has 0 atom stereocenters. The highest BCUT2D eigenvalue weighted by Crippen LogP contribution is 2.14. The Morgan fingerprint density at radius 2 is 1.13 bits per heavy atom. The minimum atomic E-state index is -0.425. The van der Waals surface area contributed by atoms with Crippen LogP contribution in [0.15, 0.2) is 48.5 Å². The van der Waals surface area contributed by atoms with E-state index in [0.29, 0.717) is 21.7 Å². The van der Waals surface area contributed by atoms with Gasteiger partial charge in [0.1, 0.15) is 0 Å². The number of tetrazole rings is 2. The summed E-state index contributed by atoms with van der Waals surface area (Å²) >= 11 is 11.8. The van der Waals surface area contributed by atoms with Crippen LogP contribution in [-0.2, 0) is 13.1 Å². The van der Waals surface area contributed by atoms with Crippen molar-refractivity contribution in [1.82, 2.24) is 51.0 Å². The van der Waals surface area contributed by atoms with Gasteiger partial charge in [-0.25, -0.2) is 4.79 Å². The Hall–Kier alpha value is -3.57. The molecule has 152 valence electrons. The normalized spacial score (nSPS) is 10.7. The SMILES string of the molecule is O=C(NCc1nnnn1-c1ccc(Cl)cc1)NCc1nnnn1-c1ccc(Cl)cc1. The van der Waals surface area contributed by atoms with Crippen molar-refractivity contribution in [3.63, 3.8) is 0 Å². The standard InChI is InChI=1S/C17H14Cl2N10O/c18-11-1-5-13(6-2-11)28-15(22-24-26-28)9-20-17(30)21-10-16-23-25-27-29(16)14-7-3-12(19)4-8-14/h1-8H,9-10H2,(H2,20,21,30). The van der Waals surface area contributed by atoms with Crippen LogP contribution in [-0.4, -0.2) is 46.4 Å². The maximum absolute atomic E-state index is 12.2. The minimum Gasteiger partial charge on any atom is -0.331 e. The number of halogens is 2. The summed E-state index contributed by atoms with van der Waals surface area (Å²) in [6.45, 7) is 0.229. The molecule has 13 heteroatoms. The molecule has 0 radical (unpaired) electrons. The van der Waals surface area contributed by atoms with E-state index in [4.69, 9.17) is 23.2 Å². The van der Waals surface area contributed by atoms with Gasteiger partial charge in [0.05, 0.1) is 24.5 Å². The van der Waals surface area contributed by atoms with Crippen LogP contribution >= 0.6 is 23.2 Å². The Balaban J connectivity index is 1.35. The monoisotopic (exact) mass is 444 g/mol. The molecule has 0 bridgehead atoms. The molecule has 2 aromatic heterocycles. The first kappa shape index (κ1) is 19.7. The molecule has 0 saturated carbocycles. The van der Waals surface area contributed by atoms with Gasteiger partial charge in [0, 0.05) is 10.0 Å². The van der Waals surface area contributed by atoms with E-state index in [0.717, 1.165) is 11.4 Å². The lowest BCUT2D eigenvalue weighted by atomic mass is 10.3. The Morgan fingerprint density at radius 3 is 1.53 bits per heavy atom. The van der Waals surface area contributed by atoms with Gasteiger partial charge in [-0.05, 0) is 69.4 Å². The van der Waals surface area contributed by atoms with Gasteiger partial charge in [0.15, 0.2) is 11.6 Å². The fourth-order valence-electron chi connectivity index (χ4n) is 2.58. The molecule has 2 amide bonds. The maximum Gasteiger partial charge on any atom is 0.315 e. The highest BCUT2D eigenvalue weighted by molar-refractivity contribution is 6.30. The number of amides is 2. The van der Waals surface area contributed by atoms with Crippen molar-refractivity contribution >= 4 is 29.2 Å². The smallest absolute Gasteiger partial charge is 0.315 e. The molecule has 0 aliphatic carbocycles. The third kappa shape index (κ3) is 4.53. The van der Waals surface area contributed by atoms with Crippen molar-refractivity contribution in [1.29, 1.82) is 0 Å². The molecule has 0 unspecified atom stereocenters. The molecule has 4 aromatic rings. The summed E-state index contributed by atoms with van der Waals surface area (Å²) in [4.78, 5) is 12.2. The van der Waals surface area contributed by atoms with Crippen LogP contribution in [0.1, 0.15) is 11.6 Å². The summed E-state index contributed by atoms with van der Waals surface area (Å²) in [5.74, 6) is 0.914. The molecular weight excluding hydrogens is 431 g/mol. The Kier molecular flexibility index (Phi) is 5.82. The first-order chi connectivity index (χ1) is 14.6.